The van der Waals surface area contributed by atoms with E-state index in [-0.39, 0.29) is 61.7 Å². The van der Waals surface area contributed by atoms with Crippen LogP contribution >= 0.6 is 0 Å². The number of hydrogen-bond donors (Lipinski definition) is 2. The van der Waals surface area contributed by atoms with Crippen LogP contribution in [0.5, 0.6) is 0 Å². The molecule has 0 fully saturated rings. The SMILES string of the molecule is CCCCCCCCCCCCC(CCCC)(C(=O)O)C(=O)O.[BaH2]. The molecule has 0 rings (SSSR count). The number of rotatable bonds is 16. The molecule has 0 saturated carbocycles. The van der Waals surface area contributed by atoms with Gasteiger partial charge in [-0.2, -0.15) is 0 Å². The van der Waals surface area contributed by atoms with Crippen LogP contribution in [0.3, 0.4) is 0 Å². The molecule has 0 aliphatic carbocycles. The van der Waals surface area contributed by atoms with E-state index in [1.807, 2.05) is 6.92 Å². The van der Waals surface area contributed by atoms with Gasteiger partial charge in [0, 0.05) is 0 Å². The van der Waals surface area contributed by atoms with Crippen LogP contribution in [0.1, 0.15) is 104 Å². The van der Waals surface area contributed by atoms with Gasteiger partial charge in [0.1, 0.15) is 0 Å². The Hall–Kier alpha value is 0.511. The molecule has 0 amide bonds. The molecule has 0 aliphatic rings. The van der Waals surface area contributed by atoms with E-state index in [4.69, 9.17) is 0 Å². The van der Waals surface area contributed by atoms with Gasteiger partial charge in [-0.1, -0.05) is 90.9 Å². The molecule has 0 aromatic heterocycles. The van der Waals surface area contributed by atoms with E-state index in [9.17, 15) is 19.8 Å². The topological polar surface area (TPSA) is 74.6 Å². The molecule has 0 unspecified atom stereocenters. The number of aliphatic carboxylic acids is 2. The van der Waals surface area contributed by atoms with Crippen molar-refractivity contribution in [2.24, 2.45) is 5.41 Å². The monoisotopic (exact) mass is 468 g/mol. The summed E-state index contributed by atoms with van der Waals surface area (Å²) in [5, 5.41) is 18.8. The Balaban J connectivity index is 0. The quantitative estimate of drug-likeness (QED) is 0.195. The Labute approximate surface area is 188 Å². The first kappa shape index (κ1) is 26.7. The summed E-state index contributed by atoms with van der Waals surface area (Å²) in [6, 6.07) is 0. The van der Waals surface area contributed by atoms with Crippen LogP contribution in [-0.4, -0.2) is 71.0 Å². The maximum absolute atomic E-state index is 11.5. The standard InChI is InChI=1S/C19H36O4.Ba.2H/c1-3-5-7-8-9-10-11-12-13-14-16-19(17(20)21,18(22)23)15-6-4-2;;;/h3-16H2,1-2H3,(H,20,21)(H,22,23);;;. The third-order valence-electron chi connectivity index (χ3n) is 4.73. The van der Waals surface area contributed by atoms with Crippen molar-refractivity contribution in [2.45, 2.75) is 104 Å². The Bertz CT molecular complexity index is 317. The molecule has 0 atom stereocenters. The van der Waals surface area contributed by atoms with Gasteiger partial charge in [-0.3, -0.25) is 9.59 Å². The molecule has 0 radical (unpaired) electrons. The molecule has 2 N–H and O–H groups in total. The Morgan fingerprint density at radius 3 is 1.33 bits per heavy atom. The summed E-state index contributed by atoms with van der Waals surface area (Å²) in [5.41, 5.74) is -1.57. The van der Waals surface area contributed by atoms with E-state index in [2.05, 4.69) is 6.92 Å². The summed E-state index contributed by atoms with van der Waals surface area (Å²) in [5.74, 6) is -2.34. The van der Waals surface area contributed by atoms with Crippen molar-refractivity contribution in [3.63, 3.8) is 0 Å². The molecule has 0 spiro atoms. The molecular formula is C19H38BaO4. The first-order valence-corrected chi connectivity index (χ1v) is 9.48. The van der Waals surface area contributed by atoms with Crippen LogP contribution in [0.2, 0.25) is 0 Å². The Kier molecular flexibility index (Phi) is 18.9. The second-order valence-corrected chi connectivity index (χ2v) is 6.73. The van der Waals surface area contributed by atoms with Gasteiger partial charge in [0.15, 0.2) is 5.41 Å². The number of carboxylic acids is 2. The zero-order chi connectivity index (χ0) is 17.6. The van der Waals surface area contributed by atoms with Crippen molar-refractivity contribution in [1.82, 2.24) is 0 Å². The molecule has 0 aromatic rings. The van der Waals surface area contributed by atoms with E-state index in [1.54, 1.807) is 0 Å². The summed E-state index contributed by atoms with van der Waals surface area (Å²) in [6.07, 6.45) is 13.6. The van der Waals surface area contributed by atoms with Gasteiger partial charge in [0.2, 0.25) is 0 Å². The van der Waals surface area contributed by atoms with Crippen LogP contribution < -0.4 is 0 Å². The molecule has 0 aliphatic heterocycles. The van der Waals surface area contributed by atoms with Crippen molar-refractivity contribution in [3.8, 4) is 0 Å². The van der Waals surface area contributed by atoms with Crippen LogP contribution in [0.15, 0.2) is 0 Å². The molecule has 24 heavy (non-hydrogen) atoms. The van der Waals surface area contributed by atoms with Gasteiger partial charge in [-0.15, -0.1) is 0 Å². The predicted octanol–water partition coefficient (Wildman–Crippen LogP) is 4.73. The van der Waals surface area contributed by atoms with Gasteiger partial charge in [0.05, 0.1) is 0 Å². The van der Waals surface area contributed by atoms with Crippen molar-refractivity contribution in [1.29, 1.82) is 0 Å². The van der Waals surface area contributed by atoms with Gasteiger partial charge in [-0.25, -0.2) is 0 Å². The summed E-state index contributed by atoms with van der Waals surface area (Å²) >= 11 is 0. The first-order valence-electron chi connectivity index (χ1n) is 9.48. The van der Waals surface area contributed by atoms with E-state index in [0.29, 0.717) is 12.8 Å². The van der Waals surface area contributed by atoms with E-state index < -0.39 is 17.4 Å². The number of hydrogen-bond acceptors (Lipinski definition) is 2. The average molecular weight is 468 g/mol. The summed E-state index contributed by atoms with van der Waals surface area (Å²) in [4.78, 5) is 23.0. The summed E-state index contributed by atoms with van der Waals surface area (Å²) < 4.78 is 0. The van der Waals surface area contributed by atoms with Crippen LogP contribution in [-0.2, 0) is 9.59 Å². The maximum atomic E-state index is 11.5. The van der Waals surface area contributed by atoms with Gasteiger partial charge < -0.3 is 10.2 Å². The van der Waals surface area contributed by atoms with Crippen molar-refractivity contribution < 1.29 is 19.8 Å². The van der Waals surface area contributed by atoms with E-state index in [0.717, 1.165) is 19.3 Å². The van der Waals surface area contributed by atoms with Crippen molar-refractivity contribution >= 4 is 60.8 Å². The first-order chi connectivity index (χ1) is 11.0. The van der Waals surface area contributed by atoms with Gasteiger partial charge >= 0.3 is 60.8 Å². The minimum atomic E-state index is -1.57. The molecule has 5 heteroatoms. The fourth-order valence-corrected chi connectivity index (χ4v) is 3.04. The van der Waals surface area contributed by atoms with Crippen molar-refractivity contribution in [2.75, 3.05) is 0 Å². The van der Waals surface area contributed by atoms with E-state index >= 15 is 0 Å². The van der Waals surface area contributed by atoms with Crippen LogP contribution in [0, 0.1) is 5.41 Å². The second-order valence-electron chi connectivity index (χ2n) is 6.73. The molecule has 140 valence electrons. The van der Waals surface area contributed by atoms with Crippen LogP contribution in [0.25, 0.3) is 0 Å². The molecule has 0 heterocycles. The summed E-state index contributed by atoms with van der Waals surface area (Å²) in [7, 11) is 0. The van der Waals surface area contributed by atoms with Gasteiger partial charge in [-0.05, 0) is 12.8 Å². The average Bonchev–Trinajstić information content (AvgIpc) is 2.51. The zero-order valence-electron chi connectivity index (χ0n) is 15.1. The fourth-order valence-electron chi connectivity index (χ4n) is 3.04. The zero-order valence-corrected chi connectivity index (χ0v) is 15.1. The van der Waals surface area contributed by atoms with Crippen molar-refractivity contribution in [3.05, 3.63) is 0 Å². The minimum absolute atomic E-state index is 0. The summed E-state index contributed by atoms with van der Waals surface area (Å²) in [6.45, 7) is 4.17. The normalized spacial score (nSPS) is 11.1. The third kappa shape index (κ3) is 11.2. The molecule has 4 nitrogen and oxygen atoms in total. The number of carboxylic acid groups (broad SMARTS) is 2. The van der Waals surface area contributed by atoms with E-state index in [1.165, 1.54) is 44.9 Å². The molecule has 0 saturated heterocycles. The second kappa shape index (κ2) is 17.0. The third-order valence-corrected chi connectivity index (χ3v) is 4.73. The Morgan fingerprint density at radius 1 is 0.625 bits per heavy atom. The predicted molar refractivity (Wildman–Crippen MR) is 102 cm³/mol. The molecular weight excluding hydrogens is 430 g/mol. The number of carbonyl (C=O) groups is 2. The molecule has 0 bridgehead atoms. The number of unbranched alkanes of at least 4 members (excludes halogenated alkanes) is 10. The fraction of sp³-hybridized carbons (Fsp3) is 0.895. The van der Waals surface area contributed by atoms with Crippen LogP contribution in [0.4, 0.5) is 0 Å². The molecule has 0 aromatic carbocycles. The Morgan fingerprint density at radius 2 is 0.958 bits per heavy atom. The van der Waals surface area contributed by atoms with Gasteiger partial charge in [0.25, 0.3) is 0 Å².